The number of nitrogens with zero attached hydrogens (tertiary/aromatic N) is 5. The molecule has 0 spiro atoms. The molecule has 6 nitrogen and oxygen atoms in total. The molecule has 1 aromatic carbocycles. The summed E-state index contributed by atoms with van der Waals surface area (Å²) in [4.78, 5) is 25.7. The predicted molar refractivity (Wildman–Crippen MR) is 173 cm³/mol. The Hall–Kier alpha value is -1.92. The highest BCUT2D eigenvalue weighted by molar-refractivity contribution is 5.78. The van der Waals surface area contributed by atoms with Gasteiger partial charge in [-0.3, -0.25) is 14.6 Å². The van der Waals surface area contributed by atoms with Crippen LogP contribution in [-0.4, -0.2) is 81.0 Å². The molecule has 42 heavy (non-hydrogen) atoms. The fraction of sp³-hybridized carbons (Fsp3) is 0.778. The Bertz CT molecular complexity index is 1160. The summed E-state index contributed by atoms with van der Waals surface area (Å²) in [6.07, 6.45) is 18.6. The van der Waals surface area contributed by atoms with Crippen LogP contribution in [-0.2, 0) is 11.2 Å². The van der Waals surface area contributed by atoms with Crippen LogP contribution in [0.4, 0.5) is 0 Å². The van der Waals surface area contributed by atoms with Crippen LogP contribution in [0.15, 0.2) is 24.3 Å². The minimum Gasteiger partial charge on any atom is -0.342 e. The number of aromatic nitrogens is 2. The van der Waals surface area contributed by atoms with Gasteiger partial charge < -0.3 is 9.47 Å². The molecule has 2 aliphatic heterocycles. The number of hydrogen-bond acceptors (Lipinski definition) is 4. The van der Waals surface area contributed by atoms with E-state index < -0.39 is 0 Å². The highest BCUT2D eigenvalue weighted by atomic mass is 16.2. The molecule has 4 fully saturated rings. The number of carbonyl (C=O) groups is 1. The van der Waals surface area contributed by atoms with E-state index in [1.165, 1.54) is 94.9 Å². The van der Waals surface area contributed by atoms with Crippen molar-refractivity contribution < 1.29 is 4.79 Å². The zero-order valence-electron chi connectivity index (χ0n) is 26.9. The molecule has 6 heteroatoms. The Morgan fingerprint density at radius 1 is 0.857 bits per heavy atom. The first kappa shape index (κ1) is 30.1. The number of piperidine rings is 1. The van der Waals surface area contributed by atoms with E-state index in [4.69, 9.17) is 4.98 Å². The number of rotatable bonds is 10. The second kappa shape index (κ2) is 13.8. The molecule has 2 saturated carbocycles. The fourth-order valence-corrected chi connectivity index (χ4v) is 9.56. The van der Waals surface area contributed by atoms with Crippen LogP contribution in [0.25, 0.3) is 11.0 Å². The van der Waals surface area contributed by atoms with Crippen LogP contribution in [0.1, 0.15) is 116 Å². The number of fused-ring (bicyclic) bond motifs is 3. The van der Waals surface area contributed by atoms with Gasteiger partial charge in [0.15, 0.2) is 0 Å². The highest BCUT2D eigenvalue weighted by Crippen LogP contribution is 2.43. The van der Waals surface area contributed by atoms with Gasteiger partial charge in [-0.05, 0) is 95.7 Å². The first-order valence-corrected chi connectivity index (χ1v) is 17.8. The molecular formula is C36H57N5O. The van der Waals surface area contributed by atoms with Crippen molar-refractivity contribution in [3.8, 4) is 0 Å². The first-order valence-electron chi connectivity index (χ1n) is 17.8. The molecule has 1 amide bonds. The summed E-state index contributed by atoms with van der Waals surface area (Å²) in [7, 11) is 0. The molecule has 0 N–H and O–H groups in total. The lowest BCUT2D eigenvalue weighted by molar-refractivity contribution is -0.132. The summed E-state index contributed by atoms with van der Waals surface area (Å²) in [6, 6.07) is 11.2. The second-order valence-corrected chi connectivity index (χ2v) is 14.2. The molecule has 2 saturated heterocycles. The average Bonchev–Trinajstić information content (AvgIpc) is 3.54. The summed E-state index contributed by atoms with van der Waals surface area (Å²) < 4.78 is 2.67. The average molecular weight is 576 g/mol. The van der Waals surface area contributed by atoms with Gasteiger partial charge in [-0.15, -0.1) is 0 Å². The molecule has 1 aromatic heterocycles. The predicted octanol–water partition coefficient (Wildman–Crippen LogP) is 7.08. The van der Waals surface area contributed by atoms with Gasteiger partial charge in [-0.2, -0.15) is 0 Å². The third kappa shape index (κ3) is 6.45. The van der Waals surface area contributed by atoms with Gasteiger partial charge in [0.05, 0.1) is 17.6 Å². The maximum Gasteiger partial charge on any atom is 0.236 e. The van der Waals surface area contributed by atoms with Crippen LogP contribution in [0.5, 0.6) is 0 Å². The molecule has 0 radical (unpaired) electrons. The molecule has 232 valence electrons. The number of likely N-dealkylation sites (tertiary alicyclic amines) is 2. The normalized spacial score (nSPS) is 30.9. The number of para-hydroxylation sites is 2. The topological polar surface area (TPSA) is 44.6 Å². The van der Waals surface area contributed by atoms with Crippen LogP contribution in [0.2, 0.25) is 0 Å². The van der Waals surface area contributed by atoms with Crippen LogP contribution >= 0.6 is 0 Å². The maximum atomic E-state index is 13.0. The van der Waals surface area contributed by atoms with E-state index in [2.05, 4.69) is 59.4 Å². The minimum absolute atomic E-state index is 0.276. The maximum absolute atomic E-state index is 13.0. The van der Waals surface area contributed by atoms with Crippen molar-refractivity contribution in [2.75, 3.05) is 32.7 Å². The molecule has 2 aromatic rings. The molecule has 2 bridgehead atoms. The number of hydrogen-bond donors (Lipinski definition) is 0. The summed E-state index contributed by atoms with van der Waals surface area (Å²) in [5, 5.41) is 0. The van der Waals surface area contributed by atoms with Crippen molar-refractivity contribution in [1.29, 1.82) is 0 Å². The van der Waals surface area contributed by atoms with Crippen molar-refractivity contribution in [2.45, 2.75) is 135 Å². The number of benzene rings is 1. The molecule has 1 unspecified atom stereocenters. The van der Waals surface area contributed by atoms with E-state index in [0.29, 0.717) is 24.7 Å². The quantitative estimate of drug-likeness (QED) is 0.304. The van der Waals surface area contributed by atoms with Crippen LogP contribution < -0.4 is 0 Å². The lowest BCUT2D eigenvalue weighted by Crippen LogP contribution is -2.51. The van der Waals surface area contributed by atoms with Crippen molar-refractivity contribution in [1.82, 2.24) is 24.3 Å². The molecule has 4 aliphatic rings. The Balaban J connectivity index is 1.21. The number of likely N-dealkylation sites (N-methyl/N-ethyl adjacent to an activating group) is 1. The lowest BCUT2D eigenvalue weighted by atomic mass is 9.76. The van der Waals surface area contributed by atoms with Crippen molar-refractivity contribution >= 4 is 16.9 Å². The summed E-state index contributed by atoms with van der Waals surface area (Å²) >= 11 is 0. The van der Waals surface area contributed by atoms with Gasteiger partial charge in [0.25, 0.3) is 0 Å². The smallest absolute Gasteiger partial charge is 0.236 e. The van der Waals surface area contributed by atoms with Gasteiger partial charge in [-0.25, -0.2) is 4.98 Å². The van der Waals surface area contributed by atoms with Gasteiger partial charge in [0, 0.05) is 50.2 Å². The van der Waals surface area contributed by atoms with E-state index in [9.17, 15) is 4.79 Å². The Kier molecular flexibility index (Phi) is 9.90. The number of amides is 1. The molecule has 2 aliphatic carbocycles. The Labute approximate surface area is 255 Å². The van der Waals surface area contributed by atoms with E-state index in [1.807, 2.05) is 4.90 Å². The minimum atomic E-state index is 0.276. The Morgan fingerprint density at radius 3 is 2.36 bits per heavy atom. The molecule has 6 rings (SSSR count). The molecule has 6 atom stereocenters. The fourth-order valence-electron chi connectivity index (χ4n) is 9.56. The van der Waals surface area contributed by atoms with Crippen LogP contribution in [0.3, 0.4) is 0 Å². The van der Waals surface area contributed by atoms with Gasteiger partial charge in [0.1, 0.15) is 5.82 Å². The van der Waals surface area contributed by atoms with E-state index in [-0.39, 0.29) is 5.91 Å². The van der Waals surface area contributed by atoms with Crippen molar-refractivity contribution in [2.24, 2.45) is 11.8 Å². The summed E-state index contributed by atoms with van der Waals surface area (Å²) in [5.74, 6) is 3.48. The zero-order chi connectivity index (χ0) is 29.1. The van der Waals surface area contributed by atoms with Gasteiger partial charge in [0.2, 0.25) is 5.91 Å². The standard InChI is InChI=1S/C36H57N5O/c1-4-12-30-24-31(18-20-40(30)32-22-27-13-7-8-14-28(21-27)23-32)41-34-17-10-9-16-33(34)37-35(41)25-29-15-11-19-39(29)26-36(42)38(5-2)6-3/h9-10,16-17,27-32H,4-8,11-15,18-26H2,1-3H3/t27-,28+,29-,30-,31-,32?/m0/s1. The largest absolute Gasteiger partial charge is 0.342 e. The zero-order valence-corrected chi connectivity index (χ0v) is 26.9. The van der Waals surface area contributed by atoms with Gasteiger partial charge in [-0.1, -0.05) is 51.2 Å². The van der Waals surface area contributed by atoms with E-state index in [1.54, 1.807) is 0 Å². The Morgan fingerprint density at radius 2 is 1.62 bits per heavy atom. The van der Waals surface area contributed by atoms with Gasteiger partial charge >= 0.3 is 0 Å². The number of carbonyl (C=O) groups excluding carboxylic acids is 1. The summed E-state index contributed by atoms with van der Waals surface area (Å²) in [5.41, 5.74) is 2.45. The molecule has 3 heterocycles. The number of imidazole rings is 1. The summed E-state index contributed by atoms with van der Waals surface area (Å²) in [6.45, 7) is 11.0. The SMILES string of the molecule is CCC[C@H]1C[C@@H](n2c(C[C@@H]3CCCN3CC(=O)N(CC)CC)nc3ccccc32)CCN1C1C[C@H]2CCCC[C@@H](C1)C2. The first-order chi connectivity index (χ1) is 20.6. The lowest BCUT2D eigenvalue weighted by Gasteiger charge is -2.48. The van der Waals surface area contributed by atoms with Crippen molar-refractivity contribution in [3.05, 3.63) is 30.1 Å². The van der Waals surface area contributed by atoms with E-state index in [0.717, 1.165) is 55.9 Å². The van der Waals surface area contributed by atoms with Crippen LogP contribution in [0, 0.1) is 11.8 Å². The highest BCUT2D eigenvalue weighted by Gasteiger charge is 2.39. The third-order valence-electron chi connectivity index (χ3n) is 11.6. The second-order valence-electron chi connectivity index (χ2n) is 14.2. The molecular weight excluding hydrogens is 518 g/mol. The van der Waals surface area contributed by atoms with Crippen molar-refractivity contribution in [3.63, 3.8) is 0 Å². The third-order valence-corrected chi connectivity index (χ3v) is 11.6. The monoisotopic (exact) mass is 575 g/mol. The van der Waals surface area contributed by atoms with E-state index >= 15 is 0 Å².